The maximum Gasteiger partial charge on any atom is 0.211 e. The Hall–Kier alpha value is -5.66. The SMILES string of the molecule is [C-]#[N+]c1cccc(-c2cccc(F)c2-c2ccc3oc4ccccc4c3c2)c1-n1c2ccccc2c2ccccc21. The molecular weight excluding hydrogens is 507 g/mol. The minimum Gasteiger partial charge on any atom is -0.456 e. The third-order valence-corrected chi connectivity index (χ3v) is 7.91. The number of para-hydroxylation sites is 4. The quantitative estimate of drug-likeness (QED) is 0.209. The average Bonchev–Trinajstić information content (AvgIpc) is 3.56. The fourth-order valence-corrected chi connectivity index (χ4v) is 6.16. The minimum atomic E-state index is -0.323. The van der Waals surface area contributed by atoms with Gasteiger partial charge in [0.15, 0.2) is 0 Å². The van der Waals surface area contributed by atoms with E-state index < -0.39 is 0 Å². The normalized spacial score (nSPS) is 11.5. The van der Waals surface area contributed by atoms with E-state index in [0.29, 0.717) is 11.3 Å². The number of fused-ring (bicyclic) bond motifs is 6. The second kappa shape index (κ2) is 8.94. The van der Waals surface area contributed by atoms with Crippen molar-refractivity contribution >= 4 is 49.4 Å². The Bertz CT molecular complexity index is 2300. The number of hydrogen-bond donors (Lipinski definition) is 0. The molecule has 6 aromatic carbocycles. The molecule has 8 aromatic rings. The summed E-state index contributed by atoms with van der Waals surface area (Å²) in [5.74, 6) is -0.323. The first-order chi connectivity index (χ1) is 20.2. The first-order valence-electron chi connectivity index (χ1n) is 13.4. The van der Waals surface area contributed by atoms with E-state index in [-0.39, 0.29) is 5.82 Å². The molecule has 0 aliphatic rings. The Morgan fingerprint density at radius 1 is 0.585 bits per heavy atom. The van der Waals surface area contributed by atoms with Crippen molar-refractivity contribution in [2.24, 2.45) is 0 Å². The second-order valence-electron chi connectivity index (χ2n) is 10.1. The molecule has 0 aliphatic carbocycles. The highest BCUT2D eigenvalue weighted by Gasteiger charge is 2.22. The van der Waals surface area contributed by atoms with Gasteiger partial charge in [0.05, 0.1) is 23.3 Å². The van der Waals surface area contributed by atoms with E-state index in [9.17, 15) is 0 Å². The molecule has 0 unspecified atom stereocenters. The molecule has 0 saturated heterocycles. The molecule has 41 heavy (non-hydrogen) atoms. The topological polar surface area (TPSA) is 22.4 Å². The summed E-state index contributed by atoms with van der Waals surface area (Å²) in [5, 5.41) is 4.13. The zero-order chi connectivity index (χ0) is 27.5. The smallest absolute Gasteiger partial charge is 0.211 e. The molecule has 8 rings (SSSR count). The van der Waals surface area contributed by atoms with Gasteiger partial charge in [-0.1, -0.05) is 91.0 Å². The lowest BCUT2D eigenvalue weighted by Gasteiger charge is -2.19. The third kappa shape index (κ3) is 3.43. The molecule has 0 N–H and O–H groups in total. The van der Waals surface area contributed by atoms with Crippen LogP contribution in [0.1, 0.15) is 0 Å². The monoisotopic (exact) mass is 528 g/mol. The van der Waals surface area contributed by atoms with Crippen LogP contribution in [-0.2, 0) is 0 Å². The molecule has 0 fully saturated rings. The predicted octanol–water partition coefficient (Wildman–Crippen LogP) is 10.7. The van der Waals surface area contributed by atoms with Crippen molar-refractivity contribution in [3.8, 4) is 27.9 Å². The molecule has 4 heteroatoms. The molecule has 0 amide bonds. The summed E-state index contributed by atoms with van der Waals surface area (Å²) >= 11 is 0. The number of hydrogen-bond acceptors (Lipinski definition) is 1. The highest BCUT2D eigenvalue weighted by atomic mass is 19.1. The Kier molecular flexibility index (Phi) is 5.07. The van der Waals surface area contributed by atoms with Crippen LogP contribution >= 0.6 is 0 Å². The average molecular weight is 529 g/mol. The van der Waals surface area contributed by atoms with Crippen molar-refractivity contribution in [2.75, 3.05) is 0 Å². The molecule has 3 nitrogen and oxygen atoms in total. The number of benzene rings is 6. The second-order valence-corrected chi connectivity index (χ2v) is 10.1. The third-order valence-electron chi connectivity index (χ3n) is 7.91. The molecular formula is C37H21FN2O. The summed E-state index contributed by atoms with van der Waals surface area (Å²) in [6.45, 7) is 8.10. The first kappa shape index (κ1) is 23.2. The molecule has 0 saturated carbocycles. The van der Waals surface area contributed by atoms with Gasteiger partial charge in [-0.2, -0.15) is 0 Å². The highest BCUT2D eigenvalue weighted by Crippen LogP contribution is 2.44. The van der Waals surface area contributed by atoms with Crippen molar-refractivity contribution in [1.29, 1.82) is 0 Å². The van der Waals surface area contributed by atoms with Gasteiger partial charge < -0.3 is 8.98 Å². The van der Waals surface area contributed by atoms with E-state index in [0.717, 1.165) is 66.1 Å². The fourth-order valence-electron chi connectivity index (χ4n) is 6.16. The van der Waals surface area contributed by atoms with Crippen LogP contribution in [0.5, 0.6) is 0 Å². The van der Waals surface area contributed by atoms with Gasteiger partial charge in [-0.15, -0.1) is 0 Å². The summed E-state index contributed by atoms with van der Waals surface area (Å²) in [6, 6.07) is 41.0. The molecule has 0 spiro atoms. The fraction of sp³-hybridized carbons (Fsp3) is 0. The predicted molar refractivity (Wildman–Crippen MR) is 165 cm³/mol. The summed E-state index contributed by atoms with van der Waals surface area (Å²) in [4.78, 5) is 3.94. The van der Waals surface area contributed by atoms with E-state index in [4.69, 9.17) is 11.0 Å². The summed E-state index contributed by atoms with van der Waals surface area (Å²) in [6.07, 6.45) is 0. The van der Waals surface area contributed by atoms with Gasteiger partial charge >= 0.3 is 0 Å². The van der Waals surface area contributed by atoms with Crippen LogP contribution in [-0.4, -0.2) is 4.57 Å². The van der Waals surface area contributed by atoms with Crippen molar-refractivity contribution in [1.82, 2.24) is 4.57 Å². The summed E-state index contributed by atoms with van der Waals surface area (Å²) in [7, 11) is 0. The largest absolute Gasteiger partial charge is 0.456 e. The van der Waals surface area contributed by atoms with Crippen molar-refractivity contribution in [2.45, 2.75) is 0 Å². The zero-order valence-corrected chi connectivity index (χ0v) is 21.8. The Morgan fingerprint density at radius 2 is 1.22 bits per heavy atom. The molecule has 0 atom stereocenters. The van der Waals surface area contributed by atoms with E-state index in [1.807, 2.05) is 91.0 Å². The van der Waals surface area contributed by atoms with Crippen molar-refractivity contribution in [3.05, 3.63) is 145 Å². The summed E-state index contributed by atoms with van der Waals surface area (Å²) in [5.41, 5.74) is 7.53. The van der Waals surface area contributed by atoms with Gasteiger partial charge in [0, 0.05) is 27.1 Å². The number of rotatable bonds is 3. The maximum absolute atomic E-state index is 15.9. The Morgan fingerprint density at radius 3 is 1.98 bits per heavy atom. The van der Waals surface area contributed by atoms with Crippen LogP contribution in [0.15, 0.2) is 132 Å². The lowest BCUT2D eigenvalue weighted by molar-refractivity contribution is 0.631. The van der Waals surface area contributed by atoms with Crippen molar-refractivity contribution < 1.29 is 8.81 Å². The molecule has 0 radical (unpaired) electrons. The molecule has 0 bridgehead atoms. The van der Waals surface area contributed by atoms with Crippen molar-refractivity contribution in [3.63, 3.8) is 0 Å². The number of aromatic nitrogens is 1. The molecule has 2 heterocycles. The van der Waals surface area contributed by atoms with Crippen LogP contribution in [0.25, 0.3) is 76.5 Å². The number of nitrogens with zero attached hydrogens (tertiary/aromatic N) is 2. The van der Waals surface area contributed by atoms with Gasteiger partial charge in [-0.3, -0.25) is 0 Å². The van der Waals surface area contributed by atoms with Gasteiger partial charge in [-0.25, -0.2) is 9.24 Å². The van der Waals surface area contributed by atoms with E-state index in [2.05, 4.69) is 33.7 Å². The van der Waals surface area contributed by atoms with Crippen LogP contribution < -0.4 is 0 Å². The first-order valence-corrected chi connectivity index (χ1v) is 13.4. The lowest BCUT2D eigenvalue weighted by atomic mass is 9.91. The Labute approximate surface area is 235 Å². The van der Waals surface area contributed by atoms with Gasteiger partial charge in [-0.05, 0) is 53.1 Å². The van der Waals surface area contributed by atoms with Gasteiger partial charge in [0.25, 0.3) is 0 Å². The van der Waals surface area contributed by atoms with Gasteiger partial charge in [0.1, 0.15) is 17.0 Å². The standard InChI is InChI=1S/C37H21FN2O/c1-39-31-16-9-14-28(37(31)40-32-17-5-2-10-24(32)25-11-3-6-18-33(25)40)27-13-8-15-30(38)36(27)23-20-21-35-29(22-23)26-12-4-7-19-34(26)41-35/h2-22H. The number of furan rings is 1. The molecule has 2 aromatic heterocycles. The Balaban J connectivity index is 1.46. The maximum atomic E-state index is 15.9. The van der Waals surface area contributed by atoms with E-state index >= 15 is 4.39 Å². The van der Waals surface area contributed by atoms with Crippen LogP contribution in [0.4, 0.5) is 10.1 Å². The zero-order valence-electron chi connectivity index (χ0n) is 21.8. The van der Waals surface area contributed by atoms with Crippen LogP contribution in [0.2, 0.25) is 0 Å². The highest BCUT2D eigenvalue weighted by molar-refractivity contribution is 6.11. The van der Waals surface area contributed by atoms with Crippen LogP contribution in [0, 0.1) is 12.4 Å². The van der Waals surface area contributed by atoms with E-state index in [1.54, 1.807) is 6.07 Å². The minimum absolute atomic E-state index is 0.323. The van der Waals surface area contributed by atoms with E-state index in [1.165, 1.54) is 6.07 Å². The van der Waals surface area contributed by atoms with Gasteiger partial charge in [0.2, 0.25) is 5.69 Å². The molecule has 192 valence electrons. The van der Waals surface area contributed by atoms with Crippen LogP contribution in [0.3, 0.4) is 0 Å². The summed E-state index contributed by atoms with van der Waals surface area (Å²) < 4.78 is 24.1. The lowest BCUT2D eigenvalue weighted by Crippen LogP contribution is -1.99. The molecule has 0 aliphatic heterocycles. The number of halogens is 1.